The Morgan fingerprint density at radius 1 is 1.89 bits per heavy atom. The quantitative estimate of drug-likeness (QED) is 0.366. The molecule has 0 aliphatic heterocycles. The number of methoxy groups -OCH3 is 1. The largest absolute Gasteiger partial charge is 0.466 e. The van der Waals surface area contributed by atoms with Gasteiger partial charge in [-0.3, -0.25) is 0 Å². The fraction of sp³-hybridized carbons (Fsp3) is 0.500. The van der Waals surface area contributed by atoms with Gasteiger partial charge in [-0.05, 0) is 0 Å². The first-order valence-electron chi connectivity index (χ1n) is 2.69. The van der Waals surface area contributed by atoms with Crippen LogP contribution in [0.5, 0.6) is 0 Å². The van der Waals surface area contributed by atoms with Gasteiger partial charge in [-0.1, -0.05) is 0 Å². The van der Waals surface area contributed by atoms with Crippen LogP contribution in [0.4, 0.5) is 0 Å². The second-order valence-corrected chi connectivity index (χ2v) is 1.97. The van der Waals surface area contributed by atoms with Crippen LogP contribution in [0, 0.1) is 12.3 Å². The third-order valence-electron chi connectivity index (χ3n) is 1.31. The highest BCUT2D eigenvalue weighted by Crippen LogP contribution is 2.22. The molecular weight excluding hydrogens is 120 g/mol. The van der Waals surface area contributed by atoms with E-state index in [1.165, 1.54) is 13.5 Å². The summed E-state index contributed by atoms with van der Waals surface area (Å²) in [5.74, 6) is -0.539. The molecule has 0 bridgehead atoms. The van der Waals surface area contributed by atoms with Crippen LogP contribution >= 0.6 is 0 Å². The fourth-order valence-electron chi connectivity index (χ4n) is 0.710. The van der Waals surface area contributed by atoms with Crippen molar-refractivity contribution >= 4 is 11.8 Å². The second-order valence-electron chi connectivity index (χ2n) is 1.97. The Balaban J connectivity index is 2.31. The van der Waals surface area contributed by atoms with Crippen molar-refractivity contribution in [3.63, 3.8) is 0 Å². The summed E-state index contributed by atoms with van der Waals surface area (Å²) in [7, 11) is 1.32. The minimum absolute atomic E-state index is 0.0328. The van der Waals surface area contributed by atoms with Gasteiger partial charge in [0.2, 0.25) is 5.92 Å². The van der Waals surface area contributed by atoms with E-state index in [0.717, 1.165) is 0 Å². The molecule has 3 heteroatoms. The van der Waals surface area contributed by atoms with Gasteiger partial charge < -0.3 is 4.74 Å². The predicted molar refractivity (Wildman–Crippen MR) is 29.4 cm³/mol. The number of carbonyl (C=O) groups is 2. The Morgan fingerprint density at radius 2 is 2.44 bits per heavy atom. The number of Topliss-reactive ketones (excluding diaryl/α,β-unsaturated/α-hetero) is 1. The Bertz CT molecular complexity index is 142. The predicted octanol–water partition coefficient (Wildman–Crippen LogP) is -0.0473. The first-order valence-corrected chi connectivity index (χ1v) is 2.69. The van der Waals surface area contributed by atoms with Gasteiger partial charge in [0, 0.05) is 0 Å². The van der Waals surface area contributed by atoms with Crippen molar-refractivity contribution in [3.8, 4) is 0 Å². The number of ketones is 1. The van der Waals surface area contributed by atoms with Crippen molar-refractivity contribution in [2.45, 2.75) is 6.42 Å². The molecule has 1 fully saturated rings. The summed E-state index contributed by atoms with van der Waals surface area (Å²) >= 11 is 0. The third kappa shape index (κ3) is 1.04. The van der Waals surface area contributed by atoms with E-state index in [0.29, 0.717) is 6.42 Å². The van der Waals surface area contributed by atoms with Gasteiger partial charge >= 0.3 is 11.8 Å². The van der Waals surface area contributed by atoms with E-state index in [1.807, 2.05) is 0 Å². The number of rotatable bonds is 1. The van der Waals surface area contributed by atoms with Crippen molar-refractivity contribution in [2.24, 2.45) is 5.92 Å². The molecule has 9 heavy (non-hydrogen) atoms. The van der Waals surface area contributed by atoms with E-state index in [2.05, 4.69) is 4.74 Å². The number of esters is 1. The smallest absolute Gasteiger partial charge is 0.355 e. The van der Waals surface area contributed by atoms with Gasteiger partial charge in [-0.15, -0.1) is 0 Å². The molecule has 0 saturated heterocycles. The van der Waals surface area contributed by atoms with Crippen LogP contribution in [-0.4, -0.2) is 18.9 Å². The summed E-state index contributed by atoms with van der Waals surface area (Å²) in [6, 6.07) is 0. The van der Waals surface area contributed by atoms with Gasteiger partial charge in [-0.25, -0.2) is 9.59 Å². The van der Waals surface area contributed by atoms with Crippen LogP contribution < -0.4 is 0 Å². The summed E-state index contributed by atoms with van der Waals surface area (Å²) in [4.78, 5) is 20.8. The van der Waals surface area contributed by atoms with Gasteiger partial charge in [-0.2, -0.15) is 0 Å². The molecule has 0 N–H and O–H groups in total. The lowest BCUT2D eigenvalue weighted by Gasteiger charge is -2.09. The van der Waals surface area contributed by atoms with Crippen LogP contribution in [0.1, 0.15) is 6.42 Å². The lowest BCUT2D eigenvalue weighted by molar-refractivity contribution is -0.149. The molecule has 0 aromatic heterocycles. The molecule has 1 aliphatic rings. The van der Waals surface area contributed by atoms with E-state index in [1.54, 1.807) is 0 Å². The first-order chi connectivity index (χ1) is 4.24. The van der Waals surface area contributed by atoms with Gasteiger partial charge in [0.25, 0.3) is 0 Å². The van der Waals surface area contributed by atoms with Crippen LogP contribution in [0.2, 0.25) is 0 Å². The van der Waals surface area contributed by atoms with Crippen molar-refractivity contribution in [2.75, 3.05) is 7.11 Å². The summed E-state index contributed by atoms with van der Waals surface area (Å²) in [5.41, 5.74) is 0. The number of carbonyl (C=O) groups excluding carboxylic acids is 2. The summed E-state index contributed by atoms with van der Waals surface area (Å²) in [6.45, 7) is 0. The van der Waals surface area contributed by atoms with E-state index in [4.69, 9.17) is 0 Å². The van der Waals surface area contributed by atoms with E-state index in [9.17, 15) is 9.59 Å². The Morgan fingerprint density at radius 3 is 2.78 bits per heavy atom. The molecule has 1 saturated carbocycles. The molecule has 0 aromatic rings. The maximum atomic E-state index is 10.5. The maximum Gasteiger partial charge on any atom is 0.355 e. The van der Waals surface area contributed by atoms with Crippen molar-refractivity contribution in [3.05, 3.63) is 6.42 Å². The van der Waals surface area contributed by atoms with Crippen molar-refractivity contribution in [1.29, 1.82) is 0 Å². The molecular formula is C6H7O3+. The molecule has 0 spiro atoms. The average Bonchev–Trinajstić information content (AvgIpc) is 1.79. The highest BCUT2D eigenvalue weighted by Gasteiger charge is 2.45. The zero-order valence-corrected chi connectivity index (χ0v) is 5.09. The van der Waals surface area contributed by atoms with Crippen LogP contribution in [0.15, 0.2) is 0 Å². The van der Waals surface area contributed by atoms with Crippen molar-refractivity contribution in [1.82, 2.24) is 0 Å². The maximum absolute atomic E-state index is 10.5. The first kappa shape index (κ1) is 6.13. The fourth-order valence-corrected chi connectivity index (χ4v) is 0.710. The summed E-state index contributed by atoms with van der Waals surface area (Å²) in [5, 5.41) is 0. The minimum Gasteiger partial charge on any atom is -0.466 e. The number of ether oxygens (including phenoxy) is 1. The summed E-state index contributed by atoms with van der Waals surface area (Å²) < 4.78 is 4.38. The molecule has 1 unspecified atom stereocenters. The minimum atomic E-state index is -0.311. The number of hydrogen-bond donors (Lipinski definition) is 0. The second kappa shape index (κ2) is 2.09. The van der Waals surface area contributed by atoms with Gasteiger partial charge in [0.1, 0.15) is 6.42 Å². The number of hydrogen-bond acceptors (Lipinski definition) is 3. The van der Waals surface area contributed by atoms with Gasteiger partial charge in [0.05, 0.1) is 7.11 Å². The van der Waals surface area contributed by atoms with Crippen LogP contribution in [0.3, 0.4) is 0 Å². The molecule has 3 nitrogen and oxygen atoms in total. The molecule has 1 atom stereocenters. The lowest BCUT2D eigenvalue weighted by atomic mass is 9.84. The SMILES string of the molecule is COC(=O)C1[CH+]C(=O)C1. The molecule has 1 aliphatic carbocycles. The highest BCUT2D eigenvalue weighted by atomic mass is 16.5. The molecule has 0 amide bonds. The topological polar surface area (TPSA) is 43.4 Å². The Kier molecular flexibility index (Phi) is 1.42. The van der Waals surface area contributed by atoms with Gasteiger partial charge in [0.15, 0.2) is 6.42 Å². The lowest BCUT2D eigenvalue weighted by Crippen LogP contribution is -2.32. The third-order valence-corrected chi connectivity index (χ3v) is 1.31. The van der Waals surface area contributed by atoms with E-state index >= 15 is 0 Å². The molecule has 0 aromatic carbocycles. The zero-order chi connectivity index (χ0) is 6.85. The molecule has 0 heterocycles. The van der Waals surface area contributed by atoms with Crippen molar-refractivity contribution < 1.29 is 14.3 Å². The van der Waals surface area contributed by atoms with E-state index in [-0.39, 0.29) is 17.7 Å². The molecule has 48 valence electrons. The molecule has 1 rings (SSSR count). The van der Waals surface area contributed by atoms with Crippen LogP contribution in [-0.2, 0) is 14.3 Å². The summed E-state index contributed by atoms with van der Waals surface area (Å²) in [6.07, 6.45) is 1.71. The normalized spacial score (nSPS) is 24.1. The zero-order valence-electron chi connectivity index (χ0n) is 5.09. The van der Waals surface area contributed by atoms with E-state index < -0.39 is 0 Å². The average molecular weight is 127 g/mol. The highest BCUT2D eigenvalue weighted by molar-refractivity contribution is 6.01. The Hall–Kier alpha value is -0.990. The monoisotopic (exact) mass is 127 g/mol. The Labute approximate surface area is 53.0 Å². The van der Waals surface area contributed by atoms with Crippen LogP contribution in [0.25, 0.3) is 0 Å². The standard InChI is InChI=1S/C6H7O3/c1-9-6(8)4-2-5(7)3-4/h2,4H,3H2,1H3/q+1. The molecule has 0 radical (unpaired) electrons.